The Kier molecular flexibility index (Phi) is 5.56. The first-order chi connectivity index (χ1) is 10.1. The summed E-state index contributed by atoms with van der Waals surface area (Å²) < 4.78 is 5.03. The Morgan fingerprint density at radius 3 is 2.71 bits per heavy atom. The van der Waals surface area contributed by atoms with Crippen molar-refractivity contribution in [2.45, 2.75) is 38.6 Å². The molecule has 0 atom stereocenters. The fourth-order valence-corrected chi connectivity index (χ4v) is 2.68. The fourth-order valence-electron chi connectivity index (χ4n) is 2.52. The summed E-state index contributed by atoms with van der Waals surface area (Å²) in [5.74, 6) is -0.390. The van der Waals surface area contributed by atoms with E-state index in [9.17, 15) is 9.59 Å². The zero-order valence-electron chi connectivity index (χ0n) is 12.0. The number of nitrogens with one attached hydrogen (secondary N) is 1. The third-order valence-electron chi connectivity index (χ3n) is 3.64. The molecule has 0 aromatic carbocycles. The second-order valence-corrected chi connectivity index (χ2v) is 5.57. The summed E-state index contributed by atoms with van der Waals surface area (Å²) in [6.45, 7) is 2.22. The maximum atomic E-state index is 12.1. The summed E-state index contributed by atoms with van der Waals surface area (Å²) in [5.41, 5.74) is 0.315. The van der Waals surface area contributed by atoms with Crippen LogP contribution in [0.2, 0.25) is 5.02 Å². The second-order valence-electron chi connectivity index (χ2n) is 5.13. The van der Waals surface area contributed by atoms with Gasteiger partial charge in [0.2, 0.25) is 0 Å². The molecule has 0 spiro atoms. The van der Waals surface area contributed by atoms with E-state index in [4.69, 9.17) is 16.3 Å². The lowest BCUT2D eigenvalue weighted by Crippen LogP contribution is -2.39. The van der Waals surface area contributed by atoms with Gasteiger partial charge in [0, 0.05) is 17.3 Å². The summed E-state index contributed by atoms with van der Waals surface area (Å²) in [5, 5.41) is 3.43. The van der Waals surface area contributed by atoms with E-state index in [1.807, 2.05) is 6.92 Å². The van der Waals surface area contributed by atoms with Crippen LogP contribution in [0.25, 0.3) is 0 Å². The van der Waals surface area contributed by atoms with Crippen LogP contribution in [-0.4, -0.2) is 29.5 Å². The Balaban J connectivity index is 1.83. The Morgan fingerprint density at radius 2 is 2.10 bits per heavy atom. The highest BCUT2D eigenvalue weighted by Crippen LogP contribution is 2.25. The van der Waals surface area contributed by atoms with Crippen LogP contribution in [0.5, 0.6) is 0 Å². The number of hydrogen-bond donors (Lipinski definition) is 1. The molecule has 21 heavy (non-hydrogen) atoms. The Hall–Kier alpha value is -1.62. The molecule has 0 saturated heterocycles. The van der Waals surface area contributed by atoms with Crippen LogP contribution < -0.4 is 5.32 Å². The van der Waals surface area contributed by atoms with Gasteiger partial charge in [-0.25, -0.2) is 0 Å². The SMILES string of the molecule is CCOC(=O)C1CCC(NC(=O)c2cc(Cl)ccn2)CC1. The molecule has 1 aliphatic carbocycles. The minimum atomic E-state index is -0.225. The first-order valence-electron chi connectivity index (χ1n) is 7.19. The summed E-state index contributed by atoms with van der Waals surface area (Å²) in [6.07, 6.45) is 4.54. The van der Waals surface area contributed by atoms with E-state index in [-0.39, 0.29) is 23.8 Å². The zero-order chi connectivity index (χ0) is 15.2. The quantitative estimate of drug-likeness (QED) is 0.868. The predicted molar refractivity (Wildman–Crippen MR) is 79.1 cm³/mol. The number of esters is 1. The van der Waals surface area contributed by atoms with Crippen LogP contribution in [0.3, 0.4) is 0 Å². The van der Waals surface area contributed by atoms with Gasteiger partial charge >= 0.3 is 5.97 Å². The third kappa shape index (κ3) is 4.43. The first-order valence-corrected chi connectivity index (χ1v) is 7.57. The molecule has 5 nitrogen and oxygen atoms in total. The van der Waals surface area contributed by atoms with Crippen molar-refractivity contribution in [2.75, 3.05) is 6.61 Å². The normalized spacial score (nSPS) is 21.6. The maximum absolute atomic E-state index is 12.1. The summed E-state index contributed by atoms with van der Waals surface area (Å²) in [7, 11) is 0. The van der Waals surface area contributed by atoms with Crippen LogP contribution in [0.1, 0.15) is 43.1 Å². The van der Waals surface area contributed by atoms with E-state index in [1.54, 1.807) is 12.1 Å². The van der Waals surface area contributed by atoms with Gasteiger partial charge in [-0.15, -0.1) is 0 Å². The van der Waals surface area contributed by atoms with Crippen molar-refractivity contribution in [1.29, 1.82) is 0 Å². The number of ether oxygens (including phenoxy) is 1. The van der Waals surface area contributed by atoms with Gasteiger partial charge in [0.25, 0.3) is 5.91 Å². The summed E-state index contributed by atoms with van der Waals surface area (Å²) in [6, 6.07) is 3.24. The van der Waals surface area contributed by atoms with Crippen LogP contribution in [0.15, 0.2) is 18.3 Å². The van der Waals surface area contributed by atoms with Gasteiger partial charge in [-0.2, -0.15) is 0 Å². The molecule has 1 fully saturated rings. The Bertz CT molecular complexity index is 513. The van der Waals surface area contributed by atoms with Crippen molar-refractivity contribution in [3.63, 3.8) is 0 Å². The molecule has 0 aliphatic heterocycles. The highest BCUT2D eigenvalue weighted by atomic mass is 35.5. The molecular weight excluding hydrogens is 292 g/mol. The molecule has 2 rings (SSSR count). The second kappa shape index (κ2) is 7.41. The van der Waals surface area contributed by atoms with Gasteiger partial charge < -0.3 is 10.1 Å². The molecule has 1 amide bonds. The van der Waals surface area contributed by atoms with Crippen LogP contribution in [0.4, 0.5) is 0 Å². The van der Waals surface area contributed by atoms with E-state index in [0.29, 0.717) is 17.3 Å². The highest BCUT2D eigenvalue weighted by Gasteiger charge is 2.28. The topological polar surface area (TPSA) is 68.3 Å². The molecule has 1 heterocycles. The molecule has 6 heteroatoms. The number of rotatable bonds is 4. The number of carbonyl (C=O) groups is 2. The zero-order valence-corrected chi connectivity index (χ0v) is 12.7. The number of pyridine rings is 1. The summed E-state index contributed by atoms with van der Waals surface area (Å²) in [4.78, 5) is 27.7. The van der Waals surface area contributed by atoms with E-state index in [0.717, 1.165) is 25.7 Å². The number of aromatic nitrogens is 1. The number of hydrogen-bond acceptors (Lipinski definition) is 4. The molecule has 1 aliphatic rings. The lowest BCUT2D eigenvalue weighted by Gasteiger charge is -2.27. The third-order valence-corrected chi connectivity index (χ3v) is 3.87. The minimum Gasteiger partial charge on any atom is -0.466 e. The Morgan fingerprint density at radius 1 is 1.38 bits per heavy atom. The minimum absolute atomic E-state index is 0.0394. The molecule has 0 radical (unpaired) electrons. The molecule has 0 bridgehead atoms. The molecule has 1 aromatic rings. The average Bonchev–Trinajstić information content (AvgIpc) is 2.48. The molecular formula is C15H19ClN2O3. The van der Waals surface area contributed by atoms with Gasteiger partial charge in [0.1, 0.15) is 5.69 Å². The highest BCUT2D eigenvalue weighted by molar-refractivity contribution is 6.30. The number of nitrogens with zero attached hydrogens (tertiary/aromatic N) is 1. The lowest BCUT2D eigenvalue weighted by molar-refractivity contribution is -0.149. The van der Waals surface area contributed by atoms with Crippen molar-refractivity contribution >= 4 is 23.5 Å². The standard InChI is InChI=1S/C15H19ClN2O3/c1-2-21-15(20)10-3-5-12(6-4-10)18-14(19)13-9-11(16)7-8-17-13/h7-10,12H,2-6H2,1H3,(H,18,19). The molecule has 0 unspecified atom stereocenters. The molecule has 1 saturated carbocycles. The first kappa shape index (κ1) is 15.8. The van der Waals surface area contributed by atoms with E-state index >= 15 is 0 Å². The van der Waals surface area contributed by atoms with Gasteiger partial charge in [0.05, 0.1) is 12.5 Å². The van der Waals surface area contributed by atoms with Crippen molar-refractivity contribution in [3.8, 4) is 0 Å². The van der Waals surface area contributed by atoms with E-state index in [1.165, 1.54) is 6.20 Å². The molecule has 114 valence electrons. The van der Waals surface area contributed by atoms with Crippen LogP contribution in [-0.2, 0) is 9.53 Å². The predicted octanol–water partition coefficient (Wildman–Crippen LogP) is 2.59. The largest absolute Gasteiger partial charge is 0.466 e. The van der Waals surface area contributed by atoms with E-state index in [2.05, 4.69) is 10.3 Å². The monoisotopic (exact) mass is 310 g/mol. The fraction of sp³-hybridized carbons (Fsp3) is 0.533. The lowest BCUT2D eigenvalue weighted by atomic mass is 9.86. The van der Waals surface area contributed by atoms with Crippen molar-refractivity contribution in [2.24, 2.45) is 5.92 Å². The van der Waals surface area contributed by atoms with Gasteiger partial charge in [-0.05, 0) is 44.7 Å². The van der Waals surface area contributed by atoms with Gasteiger partial charge in [-0.1, -0.05) is 11.6 Å². The average molecular weight is 311 g/mol. The molecule has 1 aromatic heterocycles. The number of carbonyl (C=O) groups excluding carboxylic acids is 2. The van der Waals surface area contributed by atoms with Crippen molar-refractivity contribution in [3.05, 3.63) is 29.0 Å². The van der Waals surface area contributed by atoms with E-state index < -0.39 is 0 Å². The van der Waals surface area contributed by atoms with Gasteiger partial charge in [-0.3, -0.25) is 14.6 Å². The van der Waals surface area contributed by atoms with Crippen molar-refractivity contribution in [1.82, 2.24) is 10.3 Å². The van der Waals surface area contributed by atoms with Crippen LogP contribution >= 0.6 is 11.6 Å². The smallest absolute Gasteiger partial charge is 0.308 e. The number of amides is 1. The van der Waals surface area contributed by atoms with Gasteiger partial charge in [0.15, 0.2) is 0 Å². The van der Waals surface area contributed by atoms with Crippen LogP contribution in [0, 0.1) is 5.92 Å². The maximum Gasteiger partial charge on any atom is 0.308 e. The van der Waals surface area contributed by atoms with Crippen molar-refractivity contribution < 1.29 is 14.3 Å². The molecule has 1 N–H and O–H groups in total. The Labute approximate surface area is 129 Å². The summed E-state index contributed by atoms with van der Waals surface area (Å²) >= 11 is 5.84. The number of halogens is 1.